The van der Waals surface area contributed by atoms with E-state index in [1.165, 1.54) is 0 Å². The van der Waals surface area contributed by atoms with Crippen LogP contribution in [0.3, 0.4) is 0 Å². The van der Waals surface area contributed by atoms with Crippen LogP contribution >= 0.6 is 0 Å². The zero-order valence-electron chi connectivity index (χ0n) is 10.4. The van der Waals surface area contributed by atoms with Crippen molar-refractivity contribution in [3.8, 4) is 0 Å². The predicted octanol–water partition coefficient (Wildman–Crippen LogP) is 1.84. The second-order valence-electron chi connectivity index (χ2n) is 4.39. The van der Waals surface area contributed by atoms with Crippen LogP contribution in [0.4, 0.5) is 0 Å². The first-order valence-electron chi connectivity index (χ1n) is 5.85. The molecule has 0 bridgehead atoms. The van der Waals surface area contributed by atoms with Gasteiger partial charge >= 0.3 is 0 Å². The summed E-state index contributed by atoms with van der Waals surface area (Å²) in [6.45, 7) is 8.75. The van der Waals surface area contributed by atoms with E-state index >= 15 is 0 Å². The number of nitrogens with one attached hydrogen (secondary N) is 1. The Kier molecular flexibility index (Phi) is 7.18. The second kappa shape index (κ2) is 7.23. The lowest BCUT2D eigenvalue weighted by Crippen LogP contribution is -2.31. The second-order valence-corrected chi connectivity index (χ2v) is 6.62. The van der Waals surface area contributed by atoms with Crippen LogP contribution in [0.15, 0.2) is 0 Å². The van der Waals surface area contributed by atoms with Gasteiger partial charge in [0, 0.05) is 12.6 Å². The highest BCUT2D eigenvalue weighted by atomic mass is 32.2. The normalized spacial score (nSPS) is 16.3. The van der Waals surface area contributed by atoms with Crippen LogP contribution in [0, 0.1) is 5.92 Å². The van der Waals surface area contributed by atoms with Crippen LogP contribution in [-0.2, 0) is 9.84 Å². The molecule has 0 radical (unpaired) electrons. The highest BCUT2D eigenvalue weighted by Crippen LogP contribution is 2.05. The summed E-state index contributed by atoms with van der Waals surface area (Å²) in [5, 5.41) is 3.20. The standard InChI is InChI=1S/C11H25NO2S/c1-5-10(3)9-15(13,14)8-7-12-11(4)6-2/h10-12H,5-9H2,1-4H3. The molecule has 4 heteroatoms. The Morgan fingerprint density at radius 1 is 1.13 bits per heavy atom. The molecule has 0 aliphatic rings. The van der Waals surface area contributed by atoms with E-state index in [0.717, 1.165) is 12.8 Å². The van der Waals surface area contributed by atoms with Gasteiger partial charge in [0.2, 0.25) is 0 Å². The lowest BCUT2D eigenvalue weighted by Gasteiger charge is -2.12. The molecule has 0 aromatic rings. The molecule has 0 aliphatic heterocycles. The van der Waals surface area contributed by atoms with Crippen molar-refractivity contribution in [1.82, 2.24) is 5.32 Å². The molecule has 0 aromatic carbocycles. The molecule has 1 N–H and O–H groups in total. The molecule has 0 aromatic heterocycles. The third kappa shape index (κ3) is 7.79. The van der Waals surface area contributed by atoms with Gasteiger partial charge in [-0.05, 0) is 19.3 Å². The first-order chi connectivity index (χ1) is 6.91. The van der Waals surface area contributed by atoms with E-state index < -0.39 is 9.84 Å². The van der Waals surface area contributed by atoms with Gasteiger partial charge in [-0.15, -0.1) is 0 Å². The summed E-state index contributed by atoms with van der Waals surface area (Å²) in [6, 6.07) is 0.406. The van der Waals surface area contributed by atoms with Gasteiger partial charge in [-0.2, -0.15) is 0 Å². The molecule has 2 atom stereocenters. The predicted molar refractivity (Wildman–Crippen MR) is 65.9 cm³/mol. The summed E-state index contributed by atoms with van der Waals surface area (Å²) in [4.78, 5) is 0. The van der Waals surface area contributed by atoms with Crippen LogP contribution in [0.25, 0.3) is 0 Å². The molecular formula is C11H25NO2S. The number of rotatable bonds is 8. The quantitative estimate of drug-likeness (QED) is 0.698. The maximum Gasteiger partial charge on any atom is 0.151 e. The molecule has 3 nitrogen and oxygen atoms in total. The Labute approximate surface area is 94.6 Å². The monoisotopic (exact) mass is 235 g/mol. The van der Waals surface area contributed by atoms with Crippen molar-refractivity contribution >= 4 is 9.84 Å². The fraction of sp³-hybridized carbons (Fsp3) is 1.00. The minimum Gasteiger partial charge on any atom is -0.313 e. The average Bonchev–Trinajstić information content (AvgIpc) is 2.16. The Morgan fingerprint density at radius 2 is 1.73 bits per heavy atom. The molecule has 15 heavy (non-hydrogen) atoms. The summed E-state index contributed by atoms with van der Waals surface area (Å²) in [6.07, 6.45) is 1.96. The molecule has 0 saturated heterocycles. The zero-order valence-corrected chi connectivity index (χ0v) is 11.2. The Morgan fingerprint density at radius 3 is 2.20 bits per heavy atom. The fourth-order valence-electron chi connectivity index (χ4n) is 1.24. The van der Waals surface area contributed by atoms with Crippen molar-refractivity contribution < 1.29 is 8.42 Å². The van der Waals surface area contributed by atoms with Gasteiger partial charge in [0.25, 0.3) is 0 Å². The first kappa shape index (κ1) is 14.9. The van der Waals surface area contributed by atoms with E-state index in [9.17, 15) is 8.42 Å². The number of sulfone groups is 1. The van der Waals surface area contributed by atoms with Crippen LogP contribution in [-0.4, -0.2) is 32.5 Å². The third-order valence-corrected chi connectivity index (χ3v) is 4.66. The van der Waals surface area contributed by atoms with E-state index in [-0.39, 0.29) is 11.7 Å². The highest BCUT2D eigenvalue weighted by Gasteiger charge is 2.14. The molecule has 0 amide bonds. The van der Waals surface area contributed by atoms with E-state index in [1.54, 1.807) is 0 Å². The lowest BCUT2D eigenvalue weighted by atomic mass is 10.2. The van der Waals surface area contributed by atoms with E-state index in [1.807, 2.05) is 13.8 Å². The summed E-state index contributed by atoms with van der Waals surface area (Å²) >= 11 is 0. The van der Waals surface area contributed by atoms with E-state index in [0.29, 0.717) is 18.3 Å². The maximum absolute atomic E-state index is 11.6. The summed E-state index contributed by atoms with van der Waals surface area (Å²) in [5.74, 6) is 0.867. The van der Waals surface area contributed by atoms with Gasteiger partial charge in [-0.1, -0.05) is 27.2 Å². The largest absolute Gasteiger partial charge is 0.313 e. The Bertz CT molecular complexity index is 249. The van der Waals surface area contributed by atoms with Crippen LogP contribution < -0.4 is 5.32 Å². The number of hydrogen-bond acceptors (Lipinski definition) is 3. The maximum atomic E-state index is 11.6. The van der Waals surface area contributed by atoms with Crippen molar-refractivity contribution in [2.45, 2.75) is 46.6 Å². The molecule has 0 heterocycles. The minimum atomic E-state index is -2.86. The zero-order chi connectivity index (χ0) is 11.9. The van der Waals surface area contributed by atoms with Gasteiger partial charge in [-0.3, -0.25) is 0 Å². The number of hydrogen-bond donors (Lipinski definition) is 1. The Balaban J connectivity index is 3.85. The third-order valence-electron chi connectivity index (χ3n) is 2.75. The van der Waals surface area contributed by atoms with Gasteiger partial charge in [0.15, 0.2) is 9.84 Å². The van der Waals surface area contributed by atoms with Gasteiger partial charge < -0.3 is 5.32 Å². The van der Waals surface area contributed by atoms with Gasteiger partial charge in [0.1, 0.15) is 0 Å². The topological polar surface area (TPSA) is 46.2 Å². The van der Waals surface area contributed by atoms with Crippen molar-refractivity contribution in [2.24, 2.45) is 5.92 Å². The van der Waals surface area contributed by atoms with Crippen molar-refractivity contribution in [1.29, 1.82) is 0 Å². The van der Waals surface area contributed by atoms with Crippen LogP contribution in [0.5, 0.6) is 0 Å². The van der Waals surface area contributed by atoms with Crippen molar-refractivity contribution in [3.63, 3.8) is 0 Å². The molecule has 0 aliphatic carbocycles. The SMILES string of the molecule is CCC(C)CS(=O)(=O)CCNC(C)CC. The van der Waals surface area contributed by atoms with Crippen molar-refractivity contribution in [2.75, 3.05) is 18.1 Å². The van der Waals surface area contributed by atoms with Crippen LogP contribution in [0.2, 0.25) is 0 Å². The lowest BCUT2D eigenvalue weighted by molar-refractivity contribution is 0.537. The van der Waals surface area contributed by atoms with E-state index in [2.05, 4.69) is 19.2 Å². The van der Waals surface area contributed by atoms with E-state index in [4.69, 9.17) is 0 Å². The molecule has 0 fully saturated rings. The Hall–Kier alpha value is -0.0900. The smallest absolute Gasteiger partial charge is 0.151 e. The molecular weight excluding hydrogens is 210 g/mol. The highest BCUT2D eigenvalue weighted by molar-refractivity contribution is 7.91. The van der Waals surface area contributed by atoms with Crippen LogP contribution in [0.1, 0.15) is 40.5 Å². The minimum absolute atomic E-state index is 0.266. The molecule has 0 saturated carbocycles. The molecule has 92 valence electrons. The average molecular weight is 235 g/mol. The molecule has 0 rings (SSSR count). The van der Waals surface area contributed by atoms with Gasteiger partial charge in [-0.25, -0.2) is 8.42 Å². The van der Waals surface area contributed by atoms with Crippen molar-refractivity contribution in [3.05, 3.63) is 0 Å². The summed E-state index contributed by atoms with van der Waals surface area (Å²) in [5.41, 5.74) is 0. The fourth-order valence-corrected chi connectivity index (χ4v) is 2.94. The first-order valence-corrected chi connectivity index (χ1v) is 7.67. The summed E-state index contributed by atoms with van der Waals surface area (Å²) < 4.78 is 23.3. The molecule has 2 unspecified atom stereocenters. The summed E-state index contributed by atoms with van der Waals surface area (Å²) in [7, 11) is -2.86. The molecule has 0 spiro atoms. The van der Waals surface area contributed by atoms with Gasteiger partial charge in [0.05, 0.1) is 11.5 Å².